The average molecular weight is 210 g/mol. The van der Waals surface area contributed by atoms with Crippen molar-refractivity contribution < 1.29 is 13.5 Å². The molecule has 0 aromatic heterocycles. The predicted molar refractivity (Wildman–Crippen MR) is 51.5 cm³/mol. The Morgan fingerprint density at radius 2 is 2.08 bits per heavy atom. The van der Waals surface area contributed by atoms with Crippen LogP contribution in [0.3, 0.4) is 0 Å². The fourth-order valence-corrected chi connectivity index (χ4v) is 1.38. The largest absolute Gasteiger partial charge is 0.396 e. The van der Waals surface area contributed by atoms with Crippen LogP contribution < -0.4 is 9.44 Å². The molecule has 0 heterocycles. The zero-order valence-electron chi connectivity index (χ0n) is 8.08. The van der Waals surface area contributed by atoms with Gasteiger partial charge in [-0.25, -0.2) is 9.44 Å². The Balaban J connectivity index is 3.47. The molecule has 0 saturated heterocycles. The molecule has 5 nitrogen and oxygen atoms in total. The molecule has 0 rings (SSSR count). The van der Waals surface area contributed by atoms with E-state index in [9.17, 15) is 8.42 Å². The Morgan fingerprint density at radius 3 is 2.54 bits per heavy atom. The maximum atomic E-state index is 10.8. The molecule has 0 saturated carbocycles. The minimum Gasteiger partial charge on any atom is -0.396 e. The molecule has 0 aliphatic rings. The van der Waals surface area contributed by atoms with Crippen molar-refractivity contribution in [3.05, 3.63) is 0 Å². The first-order valence-electron chi connectivity index (χ1n) is 4.31. The Kier molecular flexibility index (Phi) is 6.23. The van der Waals surface area contributed by atoms with E-state index in [2.05, 4.69) is 9.44 Å². The van der Waals surface area contributed by atoms with E-state index in [1.807, 2.05) is 6.92 Å². The van der Waals surface area contributed by atoms with Gasteiger partial charge in [-0.2, -0.15) is 8.42 Å². The van der Waals surface area contributed by atoms with E-state index in [1.54, 1.807) is 0 Å². The molecule has 0 fully saturated rings. The number of hydrogen-bond donors (Lipinski definition) is 3. The third kappa shape index (κ3) is 6.94. The van der Waals surface area contributed by atoms with E-state index < -0.39 is 10.2 Å². The van der Waals surface area contributed by atoms with Crippen molar-refractivity contribution in [3.63, 3.8) is 0 Å². The molecular weight excluding hydrogens is 192 g/mol. The monoisotopic (exact) mass is 210 g/mol. The smallest absolute Gasteiger partial charge is 0.276 e. The molecule has 0 bridgehead atoms. The maximum absolute atomic E-state index is 10.8. The number of aliphatic hydroxyl groups is 1. The zero-order valence-corrected chi connectivity index (χ0v) is 8.89. The number of rotatable bonds is 7. The van der Waals surface area contributed by atoms with Crippen LogP contribution in [0.2, 0.25) is 0 Å². The third-order valence-electron chi connectivity index (χ3n) is 1.75. The van der Waals surface area contributed by atoms with Gasteiger partial charge in [-0.15, -0.1) is 0 Å². The fraction of sp³-hybridized carbons (Fsp3) is 1.00. The van der Waals surface area contributed by atoms with Crippen LogP contribution in [0, 0.1) is 5.92 Å². The second-order valence-corrected chi connectivity index (χ2v) is 4.74. The highest BCUT2D eigenvalue weighted by Crippen LogP contribution is 2.02. The molecule has 0 aromatic rings. The van der Waals surface area contributed by atoms with Gasteiger partial charge >= 0.3 is 0 Å². The highest BCUT2D eigenvalue weighted by molar-refractivity contribution is 7.87. The minimum absolute atomic E-state index is 0.152. The molecule has 13 heavy (non-hydrogen) atoms. The van der Waals surface area contributed by atoms with Gasteiger partial charge in [-0.05, 0) is 18.8 Å². The topological polar surface area (TPSA) is 78.4 Å². The standard InChI is InChI=1S/C7H18N2O3S/c1-7(6-10)4-3-5-9-13(11,12)8-2/h7-10H,3-6H2,1-2H3. The lowest BCUT2D eigenvalue weighted by molar-refractivity contribution is 0.228. The molecule has 0 radical (unpaired) electrons. The van der Waals surface area contributed by atoms with Crippen molar-refractivity contribution in [2.24, 2.45) is 5.92 Å². The molecule has 6 heteroatoms. The van der Waals surface area contributed by atoms with Crippen molar-refractivity contribution in [1.29, 1.82) is 0 Å². The molecule has 0 amide bonds. The number of nitrogens with one attached hydrogen (secondary N) is 2. The van der Waals surface area contributed by atoms with Crippen LogP contribution in [0.25, 0.3) is 0 Å². The lowest BCUT2D eigenvalue weighted by atomic mass is 10.1. The summed E-state index contributed by atoms with van der Waals surface area (Å²) in [5, 5.41) is 8.69. The molecule has 0 aliphatic heterocycles. The first kappa shape index (κ1) is 12.8. The van der Waals surface area contributed by atoms with Gasteiger partial charge in [0, 0.05) is 20.2 Å². The van der Waals surface area contributed by atoms with Crippen LogP contribution in [0.1, 0.15) is 19.8 Å². The summed E-state index contributed by atoms with van der Waals surface area (Å²) in [6.07, 6.45) is 1.56. The van der Waals surface area contributed by atoms with Crippen molar-refractivity contribution in [2.75, 3.05) is 20.2 Å². The Hall–Kier alpha value is -0.170. The average Bonchev–Trinajstić information content (AvgIpc) is 2.12. The summed E-state index contributed by atoms with van der Waals surface area (Å²) in [5.74, 6) is 0.235. The Morgan fingerprint density at radius 1 is 1.46 bits per heavy atom. The molecule has 80 valence electrons. The number of hydrogen-bond acceptors (Lipinski definition) is 3. The summed E-state index contributed by atoms with van der Waals surface area (Å²) >= 11 is 0. The van der Waals surface area contributed by atoms with Gasteiger partial charge in [0.2, 0.25) is 0 Å². The van der Waals surface area contributed by atoms with Gasteiger partial charge in [0.05, 0.1) is 0 Å². The van der Waals surface area contributed by atoms with Crippen LogP contribution in [-0.4, -0.2) is 33.7 Å². The summed E-state index contributed by atoms with van der Waals surface area (Å²) in [5.41, 5.74) is 0. The van der Waals surface area contributed by atoms with Crippen molar-refractivity contribution in [2.45, 2.75) is 19.8 Å². The lowest BCUT2D eigenvalue weighted by Crippen LogP contribution is -2.34. The maximum Gasteiger partial charge on any atom is 0.276 e. The molecule has 1 unspecified atom stereocenters. The molecule has 1 atom stereocenters. The van der Waals surface area contributed by atoms with Gasteiger partial charge in [0.25, 0.3) is 10.2 Å². The summed E-state index contributed by atoms with van der Waals surface area (Å²) < 4.78 is 26.2. The second kappa shape index (κ2) is 6.31. The van der Waals surface area contributed by atoms with Crippen LogP contribution in [0.15, 0.2) is 0 Å². The van der Waals surface area contributed by atoms with E-state index in [1.165, 1.54) is 7.05 Å². The lowest BCUT2D eigenvalue weighted by Gasteiger charge is -2.07. The predicted octanol–water partition coefficient (Wildman–Crippen LogP) is -0.551. The Bertz CT molecular complexity index is 216. The van der Waals surface area contributed by atoms with Gasteiger partial charge in [-0.3, -0.25) is 0 Å². The highest BCUT2D eigenvalue weighted by atomic mass is 32.2. The van der Waals surface area contributed by atoms with Gasteiger partial charge < -0.3 is 5.11 Å². The first-order valence-corrected chi connectivity index (χ1v) is 5.79. The first-order chi connectivity index (χ1) is 6.02. The van der Waals surface area contributed by atoms with Crippen LogP contribution in [0.4, 0.5) is 0 Å². The fourth-order valence-electron chi connectivity index (χ4n) is 0.821. The molecule has 0 aromatic carbocycles. The quantitative estimate of drug-likeness (QED) is 0.493. The SMILES string of the molecule is CNS(=O)(=O)NCCCC(C)CO. The zero-order chi connectivity index (χ0) is 10.3. The van der Waals surface area contributed by atoms with Gasteiger partial charge in [0.15, 0.2) is 0 Å². The summed E-state index contributed by atoms with van der Waals surface area (Å²) in [7, 11) is -1.93. The summed E-state index contributed by atoms with van der Waals surface area (Å²) in [6, 6.07) is 0. The van der Waals surface area contributed by atoms with Crippen LogP contribution >= 0.6 is 0 Å². The highest BCUT2D eigenvalue weighted by Gasteiger charge is 2.04. The van der Waals surface area contributed by atoms with E-state index >= 15 is 0 Å². The van der Waals surface area contributed by atoms with Gasteiger partial charge in [-0.1, -0.05) is 6.92 Å². The second-order valence-electron chi connectivity index (χ2n) is 3.03. The van der Waals surface area contributed by atoms with E-state index in [4.69, 9.17) is 5.11 Å². The molecular formula is C7H18N2O3S. The van der Waals surface area contributed by atoms with Crippen molar-refractivity contribution >= 4 is 10.2 Å². The molecule has 0 spiro atoms. The normalized spacial score (nSPS) is 14.4. The van der Waals surface area contributed by atoms with Crippen LogP contribution in [0.5, 0.6) is 0 Å². The third-order valence-corrected chi connectivity index (χ3v) is 2.87. The van der Waals surface area contributed by atoms with E-state index in [0.717, 1.165) is 12.8 Å². The number of aliphatic hydroxyl groups excluding tert-OH is 1. The summed E-state index contributed by atoms with van der Waals surface area (Å²) in [4.78, 5) is 0. The summed E-state index contributed by atoms with van der Waals surface area (Å²) in [6.45, 7) is 2.48. The van der Waals surface area contributed by atoms with E-state index in [0.29, 0.717) is 6.54 Å². The van der Waals surface area contributed by atoms with Gasteiger partial charge in [0.1, 0.15) is 0 Å². The molecule has 0 aliphatic carbocycles. The van der Waals surface area contributed by atoms with Crippen molar-refractivity contribution in [1.82, 2.24) is 9.44 Å². The Labute approximate surface area is 79.7 Å². The minimum atomic E-state index is -3.29. The molecule has 3 N–H and O–H groups in total. The van der Waals surface area contributed by atoms with Crippen LogP contribution in [-0.2, 0) is 10.2 Å². The van der Waals surface area contributed by atoms with Crippen molar-refractivity contribution in [3.8, 4) is 0 Å². The van der Waals surface area contributed by atoms with E-state index in [-0.39, 0.29) is 12.5 Å².